The molecule has 0 unspecified atom stereocenters. The summed E-state index contributed by atoms with van der Waals surface area (Å²) >= 11 is 12.8. The van der Waals surface area contributed by atoms with Crippen LogP contribution in [0.3, 0.4) is 0 Å². The van der Waals surface area contributed by atoms with Crippen molar-refractivity contribution in [3.8, 4) is 5.75 Å². The monoisotopic (exact) mass is 537 g/mol. The number of likely N-dealkylation sites (tertiary alicyclic amines) is 1. The molecule has 2 saturated heterocycles. The smallest absolute Gasteiger partial charge is 0.261 e. The second-order valence-corrected chi connectivity index (χ2v) is 12.3. The van der Waals surface area contributed by atoms with Gasteiger partial charge in [0.05, 0.1) is 31.7 Å². The Balaban J connectivity index is 1.33. The fourth-order valence-electron chi connectivity index (χ4n) is 5.48. The number of benzene rings is 2. The highest BCUT2D eigenvalue weighted by Gasteiger charge is 2.48. The first-order valence-corrected chi connectivity index (χ1v) is 14.2. The Kier molecular flexibility index (Phi) is 6.68. The second-order valence-electron chi connectivity index (χ2n) is 9.85. The molecule has 2 aromatic carbocycles. The van der Waals surface area contributed by atoms with Gasteiger partial charge in [0.25, 0.3) is 10.0 Å². The summed E-state index contributed by atoms with van der Waals surface area (Å²) in [6.07, 6.45) is 5.70. The fourth-order valence-corrected chi connectivity index (χ4v) is 7.07. The first-order valence-electron chi connectivity index (χ1n) is 12.0. The van der Waals surface area contributed by atoms with Gasteiger partial charge in [-0.2, -0.15) is 0 Å². The number of amides is 1. The van der Waals surface area contributed by atoms with Crippen molar-refractivity contribution in [2.45, 2.75) is 49.5 Å². The third-order valence-corrected chi connectivity index (χ3v) is 9.41. The Hall–Kier alpha value is -2.00. The van der Waals surface area contributed by atoms with Crippen LogP contribution in [0.25, 0.3) is 0 Å². The summed E-state index contributed by atoms with van der Waals surface area (Å²) in [6.45, 7) is 2.33. The van der Waals surface area contributed by atoms with Gasteiger partial charge in [-0.1, -0.05) is 36.0 Å². The topological polar surface area (TPSA) is 79.0 Å². The number of carbonyl (C=O) groups excluding carboxylic acids is 1. The van der Waals surface area contributed by atoms with E-state index in [0.717, 1.165) is 51.6 Å². The molecule has 5 rings (SSSR count). The molecule has 3 fully saturated rings. The SMILES string of the molecule is CN1CC[C@@H](Oc2cc(NS(=O)(=O)c3ccc(N4CCC5(CCCC5)C4=O)c(Cl)c3)ccc2Cl)C1. The molecule has 0 bridgehead atoms. The van der Waals surface area contributed by atoms with Crippen molar-refractivity contribution < 1.29 is 17.9 Å². The average Bonchev–Trinajstić information content (AvgIpc) is 3.53. The van der Waals surface area contributed by atoms with Gasteiger partial charge in [-0.3, -0.25) is 9.52 Å². The summed E-state index contributed by atoms with van der Waals surface area (Å²) in [5.41, 5.74) is 0.634. The van der Waals surface area contributed by atoms with E-state index in [0.29, 0.717) is 28.7 Å². The van der Waals surface area contributed by atoms with Crippen LogP contribution in [0.2, 0.25) is 10.0 Å². The lowest BCUT2D eigenvalue weighted by molar-refractivity contribution is -0.125. The molecule has 188 valence electrons. The van der Waals surface area contributed by atoms with Gasteiger partial charge < -0.3 is 14.5 Å². The van der Waals surface area contributed by atoms with Gasteiger partial charge in [0, 0.05) is 25.7 Å². The first-order chi connectivity index (χ1) is 16.7. The molecular weight excluding hydrogens is 509 g/mol. The minimum absolute atomic E-state index is 0.00683. The van der Waals surface area contributed by atoms with Crippen LogP contribution in [-0.4, -0.2) is 52.0 Å². The summed E-state index contributed by atoms with van der Waals surface area (Å²) in [4.78, 5) is 17.0. The zero-order chi connectivity index (χ0) is 24.8. The highest BCUT2D eigenvalue weighted by molar-refractivity contribution is 7.92. The number of likely N-dealkylation sites (N-methyl/N-ethyl adjacent to an activating group) is 1. The van der Waals surface area contributed by atoms with Crippen molar-refractivity contribution in [1.29, 1.82) is 0 Å². The molecule has 1 saturated carbocycles. The Bertz CT molecular complexity index is 1250. The Labute approximate surface area is 216 Å². The van der Waals surface area contributed by atoms with Gasteiger partial charge in [-0.25, -0.2) is 8.42 Å². The molecule has 35 heavy (non-hydrogen) atoms. The van der Waals surface area contributed by atoms with Gasteiger partial charge in [-0.15, -0.1) is 0 Å². The minimum Gasteiger partial charge on any atom is -0.487 e. The number of anilines is 2. The number of nitrogens with zero attached hydrogens (tertiary/aromatic N) is 2. The molecular formula is C25H29Cl2N3O4S. The molecule has 7 nitrogen and oxygen atoms in total. The van der Waals surface area contributed by atoms with Gasteiger partial charge in [0.1, 0.15) is 11.9 Å². The summed E-state index contributed by atoms with van der Waals surface area (Å²) in [5.74, 6) is 0.543. The van der Waals surface area contributed by atoms with Crippen LogP contribution in [0.1, 0.15) is 38.5 Å². The number of hydrogen-bond donors (Lipinski definition) is 1. The van der Waals surface area contributed by atoms with Crippen LogP contribution in [0.5, 0.6) is 5.75 Å². The Morgan fingerprint density at radius 1 is 1.03 bits per heavy atom. The minimum atomic E-state index is -3.92. The molecule has 3 aliphatic rings. The molecule has 1 atom stereocenters. The Morgan fingerprint density at radius 2 is 1.80 bits per heavy atom. The summed E-state index contributed by atoms with van der Waals surface area (Å²) in [6, 6.07) is 9.30. The van der Waals surface area contributed by atoms with Crippen molar-refractivity contribution in [3.63, 3.8) is 0 Å². The van der Waals surface area contributed by atoms with Crippen LogP contribution < -0.4 is 14.4 Å². The maximum Gasteiger partial charge on any atom is 0.261 e. The van der Waals surface area contributed by atoms with E-state index >= 15 is 0 Å². The summed E-state index contributed by atoms with van der Waals surface area (Å²) < 4.78 is 34.8. The predicted molar refractivity (Wildman–Crippen MR) is 138 cm³/mol. The number of sulfonamides is 1. The number of ether oxygens (including phenoxy) is 1. The number of hydrogen-bond acceptors (Lipinski definition) is 5. The molecule has 10 heteroatoms. The van der Waals surface area contributed by atoms with Gasteiger partial charge >= 0.3 is 0 Å². The van der Waals surface area contributed by atoms with E-state index < -0.39 is 10.0 Å². The van der Waals surface area contributed by atoms with E-state index in [2.05, 4.69) is 9.62 Å². The lowest BCUT2D eigenvalue weighted by Gasteiger charge is -2.23. The molecule has 2 heterocycles. The normalized spacial score (nSPS) is 22.3. The lowest BCUT2D eigenvalue weighted by atomic mass is 9.85. The van der Waals surface area contributed by atoms with Crippen molar-refractivity contribution in [1.82, 2.24) is 4.90 Å². The van der Waals surface area contributed by atoms with Crippen molar-refractivity contribution >= 4 is 50.5 Å². The molecule has 2 aromatic rings. The molecule has 0 aromatic heterocycles. The first kappa shape index (κ1) is 24.7. The molecule has 1 spiro atoms. The Morgan fingerprint density at radius 3 is 2.49 bits per heavy atom. The van der Waals surface area contributed by atoms with Crippen molar-refractivity contribution in [2.24, 2.45) is 5.41 Å². The fraction of sp³-hybridized carbons (Fsp3) is 0.480. The number of carbonyl (C=O) groups is 1. The van der Waals surface area contributed by atoms with E-state index in [-0.39, 0.29) is 27.3 Å². The molecule has 1 amide bonds. The molecule has 0 radical (unpaired) electrons. The van der Waals surface area contributed by atoms with Gasteiger partial charge in [-0.05, 0) is 63.1 Å². The number of nitrogens with one attached hydrogen (secondary N) is 1. The molecule has 2 aliphatic heterocycles. The third-order valence-electron chi connectivity index (χ3n) is 7.42. The quantitative estimate of drug-likeness (QED) is 0.549. The second kappa shape index (κ2) is 9.47. The van der Waals surface area contributed by atoms with Gasteiger partial charge in [0.15, 0.2) is 0 Å². The van der Waals surface area contributed by atoms with Gasteiger partial charge in [0.2, 0.25) is 5.91 Å². The van der Waals surface area contributed by atoms with E-state index in [9.17, 15) is 13.2 Å². The van der Waals surface area contributed by atoms with E-state index in [1.807, 2.05) is 7.05 Å². The van der Waals surface area contributed by atoms with Crippen LogP contribution >= 0.6 is 23.2 Å². The largest absolute Gasteiger partial charge is 0.487 e. The predicted octanol–water partition coefficient (Wildman–Crippen LogP) is 5.17. The van der Waals surface area contributed by atoms with E-state index in [1.165, 1.54) is 12.1 Å². The zero-order valence-corrected chi connectivity index (χ0v) is 21.9. The van der Waals surface area contributed by atoms with E-state index in [1.54, 1.807) is 29.2 Å². The van der Waals surface area contributed by atoms with Crippen molar-refractivity contribution in [3.05, 3.63) is 46.4 Å². The highest BCUT2D eigenvalue weighted by atomic mass is 35.5. The summed E-state index contributed by atoms with van der Waals surface area (Å²) in [5, 5.41) is 0.659. The maximum absolute atomic E-state index is 13.1. The third kappa shape index (κ3) is 4.86. The average molecular weight is 538 g/mol. The maximum atomic E-state index is 13.1. The van der Waals surface area contributed by atoms with E-state index in [4.69, 9.17) is 27.9 Å². The van der Waals surface area contributed by atoms with Crippen LogP contribution in [0.4, 0.5) is 11.4 Å². The number of halogens is 2. The molecule has 1 N–H and O–H groups in total. The van der Waals surface area contributed by atoms with Crippen molar-refractivity contribution in [2.75, 3.05) is 36.3 Å². The summed E-state index contributed by atoms with van der Waals surface area (Å²) in [7, 11) is -1.90. The zero-order valence-electron chi connectivity index (χ0n) is 19.6. The lowest BCUT2D eigenvalue weighted by Crippen LogP contribution is -2.33. The highest BCUT2D eigenvalue weighted by Crippen LogP contribution is 2.48. The standard InChI is InChI=1S/C25H29Cl2N3O4S/c1-29-12-8-18(16-29)34-23-14-17(4-6-20(23)26)28-35(32,33)19-5-7-22(21(27)15-19)30-13-11-25(24(30)31)9-2-3-10-25/h4-7,14-15,18,28H,2-3,8-13,16H2,1H3/t18-/m1/s1. The molecule has 1 aliphatic carbocycles. The van der Waals surface area contributed by atoms with Crippen LogP contribution in [0, 0.1) is 5.41 Å². The number of rotatable bonds is 6. The van der Waals surface area contributed by atoms with Crippen LogP contribution in [0.15, 0.2) is 41.3 Å². The van der Waals surface area contributed by atoms with Crippen LogP contribution in [-0.2, 0) is 14.8 Å².